The molecule has 0 atom stereocenters. The van der Waals surface area contributed by atoms with Gasteiger partial charge >= 0.3 is 5.97 Å². The van der Waals surface area contributed by atoms with Crippen molar-refractivity contribution in [3.8, 4) is 0 Å². The fourth-order valence-electron chi connectivity index (χ4n) is 1.34. The number of pyridine rings is 1. The van der Waals surface area contributed by atoms with E-state index in [4.69, 9.17) is 16.3 Å². The summed E-state index contributed by atoms with van der Waals surface area (Å²) >= 11 is 5.81. The van der Waals surface area contributed by atoms with Gasteiger partial charge in [-0.05, 0) is 18.4 Å². The van der Waals surface area contributed by atoms with E-state index < -0.39 is 0 Å². The zero-order chi connectivity index (χ0) is 10.7. The number of esters is 1. The number of nitrogens with zero attached hydrogens (tertiary/aromatic N) is 1. The molecule has 0 unspecified atom stereocenters. The minimum Gasteiger partial charge on any atom is -0.462 e. The van der Waals surface area contributed by atoms with Crippen LogP contribution in [0.5, 0.6) is 0 Å². The molecule has 0 bridgehead atoms. The molecular formula is C11H12ClNO2. The molecule has 2 rings (SSSR count). The third kappa shape index (κ3) is 2.93. The number of hydrogen-bond acceptors (Lipinski definition) is 3. The molecule has 1 aliphatic carbocycles. The first kappa shape index (κ1) is 10.4. The first-order chi connectivity index (χ1) is 7.27. The lowest BCUT2D eigenvalue weighted by Gasteiger charge is -2.04. The number of rotatable bonds is 4. The first-order valence-electron chi connectivity index (χ1n) is 5.04. The van der Waals surface area contributed by atoms with Crippen LogP contribution >= 0.6 is 11.6 Å². The van der Waals surface area contributed by atoms with Crippen LogP contribution < -0.4 is 0 Å². The molecule has 4 heteroatoms. The fourth-order valence-corrected chi connectivity index (χ4v) is 1.54. The summed E-state index contributed by atoms with van der Waals surface area (Å²) in [6.45, 7) is 0.488. The lowest BCUT2D eigenvalue weighted by Crippen LogP contribution is -2.07. The maximum Gasteiger partial charge on any atom is 0.339 e. The van der Waals surface area contributed by atoms with Crippen molar-refractivity contribution in [2.45, 2.75) is 19.3 Å². The topological polar surface area (TPSA) is 39.2 Å². The van der Waals surface area contributed by atoms with Crippen LogP contribution in [-0.4, -0.2) is 17.6 Å². The van der Waals surface area contributed by atoms with Crippen molar-refractivity contribution >= 4 is 17.6 Å². The predicted octanol–water partition coefficient (Wildman–Crippen LogP) is 2.69. The zero-order valence-corrected chi connectivity index (χ0v) is 9.04. The van der Waals surface area contributed by atoms with Crippen LogP contribution in [0.25, 0.3) is 0 Å². The van der Waals surface area contributed by atoms with Gasteiger partial charge in [0, 0.05) is 12.4 Å². The fraction of sp³-hybridized carbons (Fsp3) is 0.455. The van der Waals surface area contributed by atoms with E-state index in [9.17, 15) is 4.79 Å². The number of hydrogen-bond donors (Lipinski definition) is 0. The molecule has 0 radical (unpaired) electrons. The summed E-state index contributed by atoms with van der Waals surface area (Å²) in [5, 5.41) is 0.342. The van der Waals surface area contributed by atoms with Crippen LogP contribution in [0.3, 0.4) is 0 Å². The predicted molar refractivity (Wildman–Crippen MR) is 56.9 cm³/mol. The van der Waals surface area contributed by atoms with Crippen molar-refractivity contribution in [1.82, 2.24) is 4.98 Å². The van der Waals surface area contributed by atoms with Crippen LogP contribution in [0.15, 0.2) is 18.5 Å². The van der Waals surface area contributed by atoms with Gasteiger partial charge in [-0.1, -0.05) is 24.4 Å². The summed E-state index contributed by atoms with van der Waals surface area (Å²) < 4.78 is 5.11. The Bertz CT molecular complexity index is 363. The summed E-state index contributed by atoms with van der Waals surface area (Å²) in [7, 11) is 0. The maximum absolute atomic E-state index is 11.5. The van der Waals surface area contributed by atoms with E-state index in [1.54, 1.807) is 6.07 Å². The molecular weight excluding hydrogens is 214 g/mol. The Morgan fingerprint density at radius 3 is 3.07 bits per heavy atom. The van der Waals surface area contributed by atoms with Crippen molar-refractivity contribution < 1.29 is 9.53 Å². The highest BCUT2D eigenvalue weighted by molar-refractivity contribution is 6.33. The molecule has 0 spiro atoms. The van der Waals surface area contributed by atoms with E-state index in [0.29, 0.717) is 17.2 Å². The standard InChI is InChI=1S/C11H12ClNO2/c12-10-7-13-5-3-9(10)11(14)15-6-4-8-1-2-8/h3,5,7-8H,1-2,4,6H2. The smallest absolute Gasteiger partial charge is 0.339 e. The largest absolute Gasteiger partial charge is 0.462 e. The molecule has 1 saturated carbocycles. The summed E-state index contributed by atoms with van der Waals surface area (Å²) in [6.07, 6.45) is 6.48. The van der Waals surface area contributed by atoms with Crippen LogP contribution in [0.4, 0.5) is 0 Å². The van der Waals surface area contributed by atoms with Gasteiger partial charge in [0.1, 0.15) is 0 Å². The minimum absolute atomic E-state index is 0.342. The minimum atomic E-state index is -0.358. The number of aromatic nitrogens is 1. The lowest BCUT2D eigenvalue weighted by molar-refractivity contribution is 0.0495. The van der Waals surface area contributed by atoms with Gasteiger partial charge < -0.3 is 4.74 Å². The number of carbonyl (C=O) groups excluding carboxylic acids is 1. The Kier molecular flexibility index (Phi) is 3.21. The molecule has 1 aliphatic rings. The number of carbonyl (C=O) groups is 1. The van der Waals surface area contributed by atoms with Gasteiger partial charge in [-0.25, -0.2) is 4.79 Å². The van der Waals surface area contributed by atoms with E-state index >= 15 is 0 Å². The van der Waals surface area contributed by atoms with Crippen molar-refractivity contribution in [2.75, 3.05) is 6.61 Å². The highest BCUT2D eigenvalue weighted by atomic mass is 35.5. The molecule has 1 aromatic heterocycles. The molecule has 80 valence electrons. The first-order valence-corrected chi connectivity index (χ1v) is 5.42. The summed E-state index contributed by atoms with van der Waals surface area (Å²) in [5.74, 6) is 0.411. The SMILES string of the molecule is O=C(OCCC1CC1)c1ccncc1Cl. The van der Waals surface area contributed by atoms with Gasteiger partial charge in [-0.2, -0.15) is 0 Å². The molecule has 3 nitrogen and oxygen atoms in total. The molecule has 1 fully saturated rings. The quantitative estimate of drug-likeness (QED) is 0.740. The van der Waals surface area contributed by atoms with E-state index in [0.717, 1.165) is 12.3 Å². The summed E-state index contributed by atoms with van der Waals surface area (Å²) in [6, 6.07) is 1.57. The van der Waals surface area contributed by atoms with Gasteiger partial charge in [-0.15, -0.1) is 0 Å². The second-order valence-electron chi connectivity index (χ2n) is 3.72. The van der Waals surface area contributed by atoms with Gasteiger partial charge in [0.05, 0.1) is 17.2 Å². The molecule has 0 aliphatic heterocycles. The molecule has 1 heterocycles. The van der Waals surface area contributed by atoms with Crippen LogP contribution in [0.1, 0.15) is 29.6 Å². The summed E-state index contributed by atoms with van der Waals surface area (Å²) in [5.41, 5.74) is 0.391. The summed E-state index contributed by atoms with van der Waals surface area (Å²) in [4.78, 5) is 15.3. The van der Waals surface area contributed by atoms with Crippen molar-refractivity contribution in [3.63, 3.8) is 0 Å². The molecule has 1 aromatic rings. The van der Waals surface area contributed by atoms with Crippen LogP contribution in [0, 0.1) is 5.92 Å². The van der Waals surface area contributed by atoms with E-state index in [2.05, 4.69) is 4.98 Å². The Balaban J connectivity index is 1.86. The molecule has 0 saturated heterocycles. The normalized spacial score (nSPS) is 15.0. The van der Waals surface area contributed by atoms with Crippen molar-refractivity contribution in [3.05, 3.63) is 29.0 Å². The maximum atomic E-state index is 11.5. The Morgan fingerprint density at radius 2 is 2.40 bits per heavy atom. The second-order valence-corrected chi connectivity index (χ2v) is 4.13. The van der Waals surface area contributed by atoms with E-state index in [-0.39, 0.29) is 5.97 Å². The Morgan fingerprint density at radius 1 is 1.60 bits per heavy atom. The molecule has 0 aromatic carbocycles. The molecule has 0 amide bonds. The molecule has 0 N–H and O–H groups in total. The third-order valence-electron chi connectivity index (χ3n) is 2.45. The second kappa shape index (κ2) is 4.62. The van der Waals surface area contributed by atoms with Crippen molar-refractivity contribution in [1.29, 1.82) is 0 Å². The van der Waals surface area contributed by atoms with E-state index in [1.807, 2.05) is 0 Å². The highest BCUT2D eigenvalue weighted by Crippen LogP contribution is 2.32. The molecule has 15 heavy (non-hydrogen) atoms. The van der Waals surface area contributed by atoms with Crippen LogP contribution in [-0.2, 0) is 4.74 Å². The number of ether oxygens (including phenoxy) is 1. The number of halogens is 1. The third-order valence-corrected chi connectivity index (χ3v) is 2.75. The van der Waals surface area contributed by atoms with E-state index in [1.165, 1.54) is 25.2 Å². The Hall–Kier alpha value is -1.09. The zero-order valence-electron chi connectivity index (χ0n) is 8.28. The van der Waals surface area contributed by atoms with Crippen molar-refractivity contribution in [2.24, 2.45) is 5.92 Å². The average Bonchev–Trinajstić information content (AvgIpc) is 3.02. The van der Waals surface area contributed by atoms with Gasteiger partial charge in [0.15, 0.2) is 0 Å². The average molecular weight is 226 g/mol. The van der Waals surface area contributed by atoms with Gasteiger partial charge in [0.25, 0.3) is 0 Å². The highest BCUT2D eigenvalue weighted by Gasteiger charge is 2.21. The van der Waals surface area contributed by atoms with Gasteiger partial charge in [0.2, 0.25) is 0 Å². The monoisotopic (exact) mass is 225 g/mol. The van der Waals surface area contributed by atoms with Gasteiger partial charge in [-0.3, -0.25) is 4.98 Å². The van der Waals surface area contributed by atoms with Crippen LogP contribution in [0.2, 0.25) is 5.02 Å². The Labute approximate surface area is 93.4 Å². The lowest BCUT2D eigenvalue weighted by atomic mass is 10.3.